The highest BCUT2D eigenvalue weighted by Crippen LogP contribution is 2.62. The molecule has 3 aliphatic rings. The third kappa shape index (κ3) is 3.85. The van der Waals surface area contributed by atoms with Crippen molar-refractivity contribution >= 4 is 39.8 Å². The van der Waals surface area contributed by atoms with Gasteiger partial charge in [0.2, 0.25) is 0 Å². The number of halogens is 1. The lowest BCUT2D eigenvalue weighted by molar-refractivity contribution is -0.171. The molecule has 2 N–H and O–H groups in total. The van der Waals surface area contributed by atoms with Crippen LogP contribution in [0.4, 0.5) is 0 Å². The molecular weight excluding hydrogens is 441 g/mol. The lowest BCUT2D eigenvalue weighted by Crippen LogP contribution is -2.72. The predicted octanol–water partition coefficient (Wildman–Crippen LogP) is 1.55. The molecule has 0 bridgehead atoms. The summed E-state index contributed by atoms with van der Waals surface area (Å²) >= 11 is 0. The summed E-state index contributed by atoms with van der Waals surface area (Å²) in [6.07, 6.45) is 7.21. The second kappa shape index (κ2) is 7.65. The zero-order valence-electron chi connectivity index (χ0n) is 14.7. The molecule has 0 aromatic carbocycles. The summed E-state index contributed by atoms with van der Waals surface area (Å²) < 4.78 is 28.5. The number of hydrogen-bond donors (Lipinski definition) is 2. The van der Waals surface area contributed by atoms with Crippen molar-refractivity contribution in [2.45, 2.75) is 57.2 Å². The van der Waals surface area contributed by atoms with Gasteiger partial charge < -0.3 is 15.4 Å². The Kier molecular flexibility index (Phi) is 6.45. The molecule has 1 saturated heterocycles. The summed E-state index contributed by atoms with van der Waals surface area (Å²) in [5.74, 6) is 1.58. The molecule has 2 aliphatic carbocycles. The highest BCUT2D eigenvalue weighted by Gasteiger charge is 2.66. The first-order valence-corrected chi connectivity index (χ1v) is 10.7. The molecule has 140 valence electrons. The molecule has 8 heteroatoms. The van der Waals surface area contributed by atoms with E-state index < -0.39 is 9.84 Å². The smallest absolute Gasteiger partial charge is 0.191 e. The first-order valence-electron chi connectivity index (χ1n) is 8.65. The maximum atomic E-state index is 11.3. The molecule has 3 fully saturated rings. The average Bonchev–Trinajstić information content (AvgIpc) is 2.84. The number of sulfone groups is 1. The minimum Gasteiger partial charge on any atom is -0.377 e. The van der Waals surface area contributed by atoms with Crippen LogP contribution in [-0.4, -0.2) is 58.2 Å². The van der Waals surface area contributed by atoms with Crippen LogP contribution in [0.25, 0.3) is 0 Å². The Balaban J connectivity index is 0.00000208. The van der Waals surface area contributed by atoms with Gasteiger partial charge in [0.15, 0.2) is 5.96 Å². The van der Waals surface area contributed by atoms with E-state index in [4.69, 9.17) is 4.74 Å². The van der Waals surface area contributed by atoms with Crippen LogP contribution >= 0.6 is 24.0 Å². The first kappa shape index (κ1) is 20.2. The molecule has 4 atom stereocenters. The third-order valence-corrected chi connectivity index (χ3v) is 6.83. The summed E-state index contributed by atoms with van der Waals surface area (Å²) in [4.78, 5) is 4.34. The van der Waals surface area contributed by atoms with Gasteiger partial charge in [0.05, 0.1) is 11.9 Å². The van der Waals surface area contributed by atoms with E-state index in [0.29, 0.717) is 29.9 Å². The molecule has 4 unspecified atom stereocenters. The number of rotatable bonds is 5. The largest absolute Gasteiger partial charge is 0.377 e. The van der Waals surface area contributed by atoms with Crippen LogP contribution in [0.1, 0.15) is 39.0 Å². The van der Waals surface area contributed by atoms with Crippen molar-refractivity contribution in [2.24, 2.45) is 16.3 Å². The van der Waals surface area contributed by atoms with Gasteiger partial charge in [0.1, 0.15) is 9.84 Å². The maximum absolute atomic E-state index is 11.3. The standard InChI is InChI=1S/C16H29N3O3S.HI/c1-11(6-10-23(3,20)21)18-15(17-2)19-13-12-5-9-22-14(12)16(13)7-4-8-16;/h11-14H,4-10H2,1-3H3,(H2,17,18,19);1H. The predicted molar refractivity (Wildman–Crippen MR) is 107 cm³/mol. The second-order valence-electron chi connectivity index (χ2n) is 7.49. The fourth-order valence-electron chi connectivity index (χ4n) is 4.47. The van der Waals surface area contributed by atoms with E-state index in [1.165, 1.54) is 25.5 Å². The summed E-state index contributed by atoms with van der Waals surface area (Å²) in [6, 6.07) is 0.515. The number of nitrogens with zero attached hydrogens (tertiary/aromatic N) is 1. The van der Waals surface area contributed by atoms with Crippen molar-refractivity contribution in [3.8, 4) is 0 Å². The van der Waals surface area contributed by atoms with E-state index in [-0.39, 0.29) is 35.8 Å². The molecule has 2 saturated carbocycles. The normalized spacial score (nSPS) is 32.1. The van der Waals surface area contributed by atoms with Crippen LogP contribution in [0, 0.1) is 11.3 Å². The van der Waals surface area contributed by atoms with Gasteiger partial charge in [0.25, 0.3) is 0 Å². The highest BCUT2D eigenvalue weighted by molar-refractivity contribution is 14.0. The van der Waals surface area contributed by atoms with E-state index in [9.17, 15) is 8.42 Å². The van der Waals surface area contributed by atoms with Crippen LogP contribution in [0.15, 0.2) is 4.99 Å². The number of nitrogens with one attached hydrogen (secondary N) is 2. The minimum atomic E-state index is -2.92. The molecule has 6 nitrogen and oxygen atoms in total. The van der Waals surface area contributed by atoms with Crippen molar-refractivity contribution in [3.05, 3.63) is 0 Å². The average molecular weight is 471 g/mol. The molecule has 0 aromatic rings. The van der Waals surface area contributed by atoms with Crippen LogP contribution < -0.4 is 10.6 Å². The number of guanidine groups is 1. The van der Waals surface area contributed by atoms with Gasteiger partial charge in [-0.1, -0.05) is 6.42 Å². The van der Waals surface area contributed by atoms with E-state index >= 15 is 0 Å². The quantitative estimate of drug-likeness (QED) is 0.362. The minimum absolute atomic E-state index is 0. The SMILES string of the molecule is CN=C(NC(C)CCS(C)(=O)=O)NC1C2CCOC2C12CCC2.I. The Morgan fingerprint density at radius 3 is 2.67 bits per heavy atom. The first-order chi connectivity index (χ1) is 10.9. The molecule has 24 heavy (non-hydrogen) atoms. The van der Waals surface area contributed by atoms with Gasteiger partial charge >= 0.3 is 0 Å². The fourth-order valence-corrected chi connectivity index (χ4v) is 5.25. The second-order valence-corrected chi connectivity index (χ2v) is 9.75. The Morgan fingerprint density at radius 2 is 2.12 bits per heavy atom. The maximum Gasteiger partial charge on any atom is 0.191 e. The summed E-state index contributed by atoms with van der Waals surface area (Å²) in [5, 5.41) is 6.94. The van der Waals surface area contributed by atoms with Crippen molar-refractivity contribution in [1.29, 1.82) is 0 Å². The monoisotopic (exact) mass is 471 g/mol. The van der Waals surface area contributed by atoms with E-state index in [2.05, 4.69) is 15.6 Å². The number of fused-ring (bicyclic) bond motifs is 2. The Morgan fingerprint density at radius 1 is 1.42 bits per heavy atom. The van der Waals surface area contributed by atoms with Crippen molar-refractivity contribution in [3.63, 3.8) is 0 Å². The molecule has 1 aliphatic heterocycles. The molecular formula is C16H30IN3O3S. The van der Waals surface area contributed by atoms with Crippen molar-refractivity contribution < 1.29 is 13.2 Å². The van der Waals surface area contributed by atoms with Crippen LogP contribution in [0.3, 0.4) is 0 Å². The topological polar surface area (TPSA) is 79.8 Å². The van der Waals surface area contributed by atoms with Crippen LogP contribution in [-0.2, 0) is 14.6 Å². The lowest BCUT2D eigenvalue weighted by Gasteiger charge is -2.63. The van der Waals surface area contributed by atoms with Gasteiger partial charge in [-0.3, -0.25) is 4.99 Å². The summed E-state index contributed by atoms with van der Waals surface area (Å²) in [5.41, 5.74) is 0.314. The number of hydrogen-bond acceptors (Lipinski definition) is 4. The molecule has 0 amide bonds. The van der Waals surface area contributed by atoms with Gasteiger partial charge in [-0.2, -0.15) is 0 Å². The zero-order chi connectivity index (χ0) is 16.7. The third-order valence-electron chi connectivity index (χ3n) is 5.86. The summed E-state index contributed by atoms with van der Waals surface area (Å²) in [7, 11) is -1.15. The lowest BCUT2D eigenvalue weighted by atomic mass is 9.46. The van der Waals surface area contributed by atoms with Crippen LogP contribution in [0.5, 0.6) is 0 Å². The molecule has 0 radical (unpaired) electrons. The zero-order valence-corrected chi connectivity index (χ0v) is 17.9. The summed E-state index contributed by atoms with van der Waals surface area (Å²) in [6.45, 7) is 2.88. The highest BCUT2D eigenvalue weighted by atomic mass is 127. The Labute approximate surface area is 162 Å². The fraction of sp³-hybridized carbons (Fsp3) is 0.938. The van der Waals surface area contributed by atoms with Gasteiger partial charge in [-0.15, -0.1) is 24.0 Å². The molecule has 3 rings (SSSR count). The molecule has 1 spiro atoms. The number of aliphatic imine (C=N–C) groups is 1. The van der Waals surface area contributed by atoms with E-state index in [1.54, 1.807) is 7.05 Å². The number of ether oxygens (including phenoxy) is 1. The van der Waals surface area contributed by atoms with Crippen LogP contribution in [0.2, 0.25) is 0 Å². The van der Waals surface area contributed by atoms with Gasteiger partial charge in [-0.05, 0) is 32.6 Å². The van der Waals surface area contributed by atoms with Gasteiger partial charge in [0, 0.05) is 43.3 Å². The van der Waals surface area contributed by atoms with E-state index in [1.807, 2.05) is 6.92 Å². The van der Waals surface area contributed by atoms with Crippen molar-refractivity contribution in [1.82, 2.24) is 10.6 Å². The molecule has 0 aromatic heterocycles. The molecule has 1 heterocycles. The Hall–Kier alpha value is -0.0900. The van der Waals surface area contributed by atoms with Gasteiger partial charge in [-0.25, -0.2) is 8.42 Å². The van der Waals surface area contributed by atoms with E-state index in [0.717, 1.165) is 19.0 Å². The van der Waals surface area contributed by atoms with Crippen molar-refractivity contribution in [2.75, 3.05) is 25.7 Å². The Bertz CT molecular complexity index is 577.